The molecule has 0 bridgehead atoms. The fourth-order valence-corrected chi connectivity index (χ4v) is 0.489. The van der Waals surface area contributed by atoms with Gasteiger partial charge in [0.2, 0.25) is 5.91 Å². The van der Waals surface area contributed by atoms with Gasteiger partial charge in [-0.25, -0.2) is 0 Å². The summed E-state index contributed by atoms with van der Waals surface area (Å²) in [4.78, 5) is 10.2. The van der Waals surface area contributed by atoms with E-state index in [4.69, 9.17) is 5.73 Å². The van der Waals surface area contributed by atoms with Crippen molar-refractivity contribution in [3.05, 3.63) is 0 Å². The van der Waals surface area contributed by atoms with Gasteiger partial charge in [-0.15, -0.1) is 0 Å². The molecule has 0 aliphatic heterocycles. The van der Waals surface area contributed by atoms with Gasteiger partial charge in [-0.3, -0.25) is 10.5 Å². The van der Waals surface area contributed by atoms with Crippen LogP contribution in [-0.4, -0.2) is 5.91 Å². The lowest BCUT2D eigenvalue weighted by Crippen LogP contribution is -2.08. The fraction of sp³-hybridized carbons (Fsp3) is 0.857. The molecular formula is C7H14NO. The monoisotopic (exact) mass is 128 g/mol. The molecule has 0 aromatic heterocycles. The predicted octanol–water partition coefficient (Wildman–Crippen LogP) is 1.62. The summed E-state index contributed by atoms with van der Waals surface area (Å²) in [5.41, 5.74) is 6.81. The summed E-state index contributed by atoms with van der Waals surface area (Å²) in [7, 11) is 0. The van der Waals surface area contributed by atoms with E-state index >= 15 is 0 Å². The zero-order chi connectivity index (χ0) is 7.49. The first-order chi connectivity index (χ1) is 3.92. The minimum absolute atomic E-state index is 0.191. The highest BCUT2D eigenvalue weighted by Gasteiger charge is 2.10. The van der Waals surface area contributed by atoms with E-state index < -0.39 is 5.91 Å². The van der Waals surface area contributed by atoms with Gasteiger partial charge in [0.1, 0.15) is 0 Å². The number of rotatable bonds is 2. The lowest BCUT2D eigenvalue weighted by molar-refractivity contribution is -0.119. The van der Waals surface area contributed by atoms with Crippen molar-refractivity contribution in [1.29, 1.82) is 0 Å². The first kappa shape index (κ1) is 8.47. The van der Waals surface area contributed by atoms with Gasteiger partial charge in [0.25, 0.3) is 0 Å². The lowest BCUT2D eigenvalue weighted by atomic mass is 9.90. The molecule has 0 aromatic carbocycles. The van der Waals surface area contributed by atoms with Gasteiger partial charge >= 0.3 is 0 Å². The SMILES string of the molecule is CC(C)(C)CCC([NH])=O. The van der Waals surface area contributed by atoms with E-state index in [2.05, 4.69) is 20.8 Å². The van der Waals surface area contributed by atoms with Crippen molar-refractivity contribution in [3.8, 4) is 0 Å². The Morgan fingerprint density at radius 2 is 1.89 bits per heavy atom. The second-order valence-electron chi connectivity index (χ2n) is 3.48. The van der Waals surface area contributed by atoms with E-state index in [0.717, 1.165) is 6.42 Å². The van der Waals surface area contributed by atoms with Crippen LogP contribution in [0.25, 0.3) is 0 Å². The molecule has 0 unspecified atom stereocenters. The highest BCUT2D eigenvalue weighted by Crippen LogP contribution is 2.19. The topological polar surface area (TPSA) is 40.9 Å². The third kappa shape index (κ3) is 7.47. The van der Waals surface area contributed by atoms with Crippen LogP contribution < -0.4 is 5.73 Å². The molecule has 0 fully saturated rings. The smallest absolute Gasteiger partial charge is 0.238 e. The van der Waals surface area contributed by atoms with E-state index in [1.54, 1.807) is 0 Å². The summed E-state index contributed by atoms with van der Waals surface area (Å²) < 4.78 is 0. The Labute approximate surface area is 56.4 Å². The molecule has 0 saturated heterocycles. The molecule has 1 radical (unpaired) electrons. The Morgan fingerprint density at radius 3 is 2.00 bits per heavy atom. The molecule has 2 heteroatoms. The van der Waals surface area contributed by atoms with Crippen LogP contribution in [0.5, 0.6) is 0 Å². The molecule has 0 spiro atoms. The molecule has 1 N–H and O–H groups in total. The number of hydrogen-bond donors (Lipinski definition) is 0. The van der Waals surface area contributed by atoms with Crippen LogP contribution in [0.3, 0.4) is 0 Å². The zero-order valence-electron chi connectivity index (χ0n) is 6.32. The third-order valence-electron chi connectivity index (χ3n) is 1.10. The molecule has 0 aromatic rings. The molecule has 0 heterocycles. The summed E-state index contributed by atoms with van der Waals surface area (Å²) in [5, 5.41) is 0. The summed E-state index contributed by atoms with van der Waals surface area (Å²) >= 11 is 0. The Morgan fingerprint density at radius 1 is 1.44 bits per heavy atom. The van der Waals surface area contributed by atoms with Crippen LogP contribution in [0.15, 0.2) is 0 Å². The maximum atomic E-state index is 10.2. The second-order valence-corrected chi connectivity index (χ2v) is 3.48. The average molecular weight is 128 g/mol. The van der Waals surface area contributed by atoms with Crippen LogP contribution in [0.4, 0.5) is 0 Å². The summed E-state index contributed by atoms with van der Waals surface area (Å²) in [6.07, 6.45) is 1.21. The van der Waals surface area contributed by atoms with Crippen molar-refractivity contribution >= 4 is 5.91 Å². The number of nitrogens with one attached hydrogen (secondary N) is 1. The predicted molar refractivity (Wildman–Crippen MR) is 36.8 cm³/mol. The molecule has 53 valence electrons. The first-order valence-electron chi connectivity index (χ1n) is 3.16. The highest BCUT2D eigenvalue weighted by molar-refractivity contribution is 5.72. The van der Waals surface area contributed by atoms with Crippen molar-refractivity contribution in [3.63, 3.8) is 0 Å². The third-order valence-corrected chi connectivity index (χ3v) is 1.10. The maximum Gasteiger partial charge on any atom is 0.238 e. The minimum atomic E-state index is -0.454. The molecule has 1 amide bonds. The number of carbonyl (C=O) groups is 1. The Balaban J connectivity index is 3.39. The van der Waals surface area contributed by atoms with E-state index in [9.17, 15) is 4.79 Å². The van der Waals surface area contributed by atoms with Crippen LogP contribution in [0.2, 0.25) is 0 Å². The van der Waals surface area contributed by atoms with Crippen LogP contribution in [-0.2, 0) is 4.79 Å². The molecule has 0 aliphatic rings. The quantitative estimate of drug-likeness (QED) is 0.557. The van der Waals surface area contributed by atoms with Crippen molar-refractivity contribution in [1.82, 2.24) is 5.73 Å². The molecule has 0 atom stereocenters. The normalized spacial score (nSPS) is 11.4. The van der Waals surface area contributed by atoms with Gasteiger partial charge in [-0.2, -0.15) is 0 Å². The fourth-order valence-electron chi connectivity index (χ4n) is 0.489. The average Bonchev–Trinajstić information content (AvgIpc) is 1.59. The van der Waals surface area contributed by atoms with Crippen molar-refractivity contribution in [2.24, 2.45) is 5.41 Å². The largest absolute Gasteiger partial charge is 0.273 e. The van der Waals surface area contributed by atoms with Gasteiger partial charge in [0, 0.05) is 6.42 Å². The molecular weight excluding hydrogens is 114 g/mol. The maximum absolute atomic E-state index is 10.2. The van der Waals surface area contributed by atoms with Crippen LogP contribution in [0.1, 0.15) is 33.6 Å². The van der Waals surface area contributed by atoms with Gasteiger partial charge in [-0.05, 0) is 11.8 Å². The summed E-state index contributed by atoms with van der Waals surface area (Å²) in [6, 6.07) is 0. The number of amides is 1. The van der Waals surface area contributed by atoms with Crippen molar-refractivity contribution in [2.45, 2.75) is 33.6 Å². The molecule has 0 saturated carbocycles. The summed E-state index contributed by atoms with van der Waals surface area (Å²) in [6.45, 7) is 6.20. The Kier molecular flexibility index (Phi) is 2.68. The lowest BCUT2D eigenvalue weighted by Gasteiger charge is -2.15. The highest BCUT2D eigenvalue weighted by atomic mass is 16.1. The van der Waals surface area contributed by atoms with E-state index in [0.29, 0.717) is 6.42 Å². The summed E-state index contributed by atoms with van der Waals surface area (Å²) in [5.74, 6) is -0.454. The van der Waals surface area contributed by atoms with Crippen molar-refractivity contribution < 1.29 is 4.79 Å². The van der Waals surface area contributed by atoms with E-state index in [1.807, 2.05) is 0 Å². The van der Waals surface area contributed by atoms with Gasteiger partial charge in [0.15, 0.2) is 0 Å². The van der Waals surface area contributed by atoms with Gasteiger partial charge < -0.3 is 0 Å². The second kappa shape index (κ2) is 2.85. The molecule has 2 nitrogen and oxygen atoms in total. The molecule has 0 aliphatic carbocycles. The number of carbonyl (C=O) groups excluding carboxylic acids is 1. The van der Waals surface area contributed by atoms with E-state index in [1.165, 1.54) is 0 Å². The van der Waals surface area contributed by atoms with Crippen LogP contribution >= 0.6 is 0 Å². The molecule has 9 heavy (non-hydrogen) atoms. The Hall–Kier alpha value is -0.530. The van der Waals surface area contributed by atoms with Crippen LogP contribution in [0, 0.1) is 5.41 Å². The standard InChI is InChI=1S/C7H14NO/c1-7(2,3)5-4-6(8)9/h8H,4-5H2,1-3H3. The Bertz CT molecular complexity index is 102. The molecule has 0 rings (SSSR count). The van der Waals surface area contributed by atoms with Crippen molar-refractivity contribution in [2.75, 3.05) is 0 Å². The van der Waals surface area contributed by atoms with Gasteiger partial charge in [0.05, 0.1) is 0 Å². The zero-order valence-corrected chi connectivity index (χ0v) is 6.32. The first-order valence-corrected chi connectivity index (χ1v) is 3.16. The van der Waals surface area contributed by atoms with E-state index in [-0.39, 0.29) is 5.41 Å². The number of hydrogen-bond acceptors (Lipinski definition) is 1. The minimum Gasteiger partial charge on any atom is -0.273 e. The van der Waals surface area contributed by atoms with Gasteiger partial charge in [-0.1, -0.05) is 20.8 Å².